The van der Waals surface area contributed by atoms with Crippen LogP contribution in [0, 0.1) is 0 Å². The van der Waals surface area contributed by atoms with Crippen molar-refractivity contribution in [3.8, 4) is 0 Å². The maximum atomic E-state index is 13.7. The number of rotatable bonds is 36. The smallest absolute Gasteiger partial charge is 0.472 e. The van der Waals surface area contributed by atoms with Crippen molar-refractivity contribution in [1.82, 2.24) is 10.6 Å². The van der Waals surface area contributed by atoms with Crippen LogP contribution in [0.2, 0.25) is 0 Å². The van der Waals surface area contributed by atoms with Crippen LogP contribution in [0.3, 0.4) is 0 Å². The monoisotopic (exact) mass is 1730 g/mol. The third kappa shape index (κ3) is 21.6. The van der Waals surface area contributed by atoms with Crippen molar-refractivity contribution < 1.29 is 252 Å². The van der Waals surface area contributed by atoms with Crippen molar-refractivity contribution in [2.24, 2.45) is 5.73 Å². The van der Waals surface area contributed by atoms with Gasteiger partial charge in [0, 0.05) is 33.2 Å². The summed E-state index contributed by atoms with van der Waals surface area (Å²) in [5.41, 5.74) is 5.46. The molecule has 2 amide bonds. The molecule has 0 aromatic carbocycles. The van der Waals surface area contributed by atoms with Crippen LogP contribution in [0.5, 0.6) is 0 Å². The number of hydrogen-bond acceptors (Lipinski definition) is 49. The first-order valence-electron chi connectivity index (χ1n) is 35.9. The van der Waals surface area contributed by atoms with Crippen molar-refractivity contribution in [2.45, 2.75) is 290 Å². The molecule has 55 heteroatoms. The summed E-state index contributed by atoms with van der Waals surface area (Å²) in [4.78, 5) is 61.9. The third-order valence-corrected chi connectivity index (χ3v) is 21.3. The molecule has 0 bridgehead atoms. The SMILES string of the molecule is CC(=O)N[C@H]1[C@H](O[C@@H]2[C@H](O[C@]3(C(=O)O)C[C@H](O)[C@@H](NC(C)=O)[C@H]([C@H](O)[C@H](O)CO)O3)[C@@H](O)[C@H](O[C@H]3[C@H](O)[C@@H](O)[C@H](O[C@@H]4[C@@H](O[C@@H]5[C@H](O)[C@@H](O[C@H]6[C@@H]([C@H](O)CO)O[C@@](O)(C(=O)O)C[C@H]6O)O[C@H]([C@H](CO)OP(=O)(O)OCCN)[C@H]5O[C@@H]5O[C@H](CO)[C@@H](O)[C@H](O)[C@H]5O)O[C@H]([C@@H](O)CO)[C@@H](O)[C@@H]4O)O[C@@H]3CO)O[C@@H]2CO)O[C@H](CO)[C@H](O)[C@@H]1O. The topological polar surface area (TPSA) is 879 Å². The molecular formula is C61H104N3O51P. The number of phosphoric acid groups is 1. The van der Waals surface area contributed by atoms with E-state index >= 15 is 0 Å². The largest absolute Gasteiger partial charge is 0.477 e. The van der Waals surface area contributed by atoms with Gasteiger partial charge in [0.25, 0.3) is 11.6 Å². The molecule has 0 aliphatic carbocycles. The summed E-state index contributed by atoms with van der Waals surface area (Å²) in [7, 11) is -5.60. The summed E-state index contributed by atoms with van der Waals surface area (Å²) in [5.74, 6) is -13.3. The molecule has 8 saturated heterocycles. The number of carbonyl (C=O) groups excluding carboxylic acids is 2. The number of nitrogens with one attached hydrogen (secondary N) is 2. The highest BCUT2D eigenvalue weighted by Crippen LogP contribution is 2.48. The van der Waals surface area contributed by atoms with Crippen molar-refractivity contribution in [3.63, 3.8) is 0 Å². The lowest BCUT2D eigenvalue weighted by molar-refractivity contribution is -0.418. The van der Waals surface area contributed by atoms with E-state index in [1.807, 2.05) is 0 Å². The van der Waals surface area contributed by atoms with Gasteiger partial charge in [0.2, 0.25) is 11.8 Å². The van der Waals surface area contributed by atoms with Crippen LogP contribution in [-0.2, 0) is 104 Å². The maximum absolute atomic E-state index is 13.7. The fourth-order valence-corrected chi connectivity index (χ4v) is 15.2. The summed E-state index contributed by atoms with van der Waals surface area (Å²) in [5, 5.41) is 316. The van der Waals surface area contributed by atoms with Gasteiger partial charge in [-0.3, -0.25) is 18.6 Å². The second-order valence-electron chi connectivity index (χ2n) is 28.4. The average Bonchev–Trinajstić information content (AvgIpc) is 0.685. The Labute approximate surface area is 653 Å². The van der Waals surface area contributed by atoms with Gasteiger partial charge in [-0.05, 0) is 0 Å². The molecule has 54 nitrogen and oxygen atoms in total. The minimum absolute atomic E-state index is 0.488. The van der Waals surface area contributed by atoms with Gasteiger partial charge in [0.15, 0.2) is 37.7 Å². The number of carboxylic acid groups (broad SMARTS) is 2. The summed E-state index contributed by atoms with van der Waals surface area (Å²) in [6.07, 6.45) is -97.9. The summed E-state index contributed by atoms with van der Waals surface area (Å²) < 4.78 is 112. The van der Waals surface area contributed by atoms with Crippen LogP contribution in [0.4, 0.5) is 0 Å². The Morgan fingerprint density at radius 3 is 1.46 bits per heavy atom. The highest BCUT2D eigenvalue weighted by Gasteiger charge is 2.65. The number of carboxylic acids is 2. The predicted octanol–water partition coefficient (Wildman–Crippen LogP) is -20.3. The minimum Gasteiger partial charge on any atom is -0.477 e. The van der Waals surface area contributed by atoms with Crippen LogP contribution in [0.25, 0.3) is 0 Å². The minimum atomic E-state index is -5.60. The quantitative estimate of drug-likeness (QED) is 0.0259. The van der Waals surface area contributed by atoms with Crippen LogP contribution < -0.4 is 16.4 Å². The first kappa shape index (κ1) is 97.8. The number of aliphatic hydroxyl groups excluding tert-OH is 25. The molecule has 1 unspecified atom stereocenters. The van der Waals surface area contributed by atoms with E-state index in [4.69, 9.17) is 85.8 Å². The molecule has 0 spiro atoms. The standard InChI is InChI=1S/C61H104N3O51P/c1-15(73)63-27-17(75)6-61(59(94)95,113-47(27)29(80)19(77)7-65)114-49-40(91)55(103-25(13-71)45(49)107-52-28(64-16(2)74)32(83)30(81)22(10-68)100-52)106-44-24(12-70)102-54(38(89)36(44)87)110-50-35(86)34(85)41(20(78)8-66)104-57(50)109-48-39(90)56(105-42-18(76)5-60(96,58(92)93)112-43(42)21(79)9-67)108-46(26(14-72)115-116(97,98)99-4-3-62)51(48)111-53-37(88)33(84)31(82)23(11-69)101-53/h17-57,65-72,75-91,96H,3-14,62H2,1-2H3,(H,63,73)(H,64,74)(H,92,93)(H,94,95)(H,97,98)/t17-,18+,19+,20-,21+,22+,23+,24+,25+,26-,27+,28+,29+,30-,31+,32+,33-,34-,35-,36+,37+,38+,39-,40+,41+,42+,43+,44+,45-,46+,47+,48+,49+,50-,51+,52-,53-,54-,55-,56-,57+,60+,61-/m0/s1. The zero-order valence-electron chi connectivity index (χ0n) is 61.1. The maximum Gasteiger partial charge on any atom is 0.472 e. The lowest BCUT2D eigenvalue weighted by Crippen LogP contribution is -2.72. The molecule has 8 rings (SSSR count). The zero-order chi connectivity index (χ0) is 86.4. The molecule has 116 heavy (non-hydrogen) atoms. The normalized spacial score (nSPS) is 45.7. The highest BCUT2D eigenvalue weighted by molar-refractivity contribution is 7.47. The molecule has 44 atom stereocenters. The van der Waals surface area contributed by atoms with E-state index in [2.05, 4.69) is 10.6 Å². The van der Waals surface area contributed by atoms with Gasteiger partial charge in [-0.25, -0.2) is 14.2 Å². The Hall–Kier alpha value is -3.69. The van der Waals surface area contributed by atoms with Gasteiger partial charge in [-0.15, -0.1) is 0 Å². The molecular weight excluding hydrogens is 1620 g/mol. The van der Waals surface area contributed by atoms with Crippen molar-refractivity contribution >= 4 is 31.6 Å². The molecule has 8 heterocycles. The second-order valence-corrected chi connectivity index (χ2v) is 29.8. The van der Waals surface area contributed by atoms with Crippen LogP contribution >= 0.6 is 7.82 Å². The first-order chi connectivity index (χ1) is 54.5. The van der Waals surface area contributed by atoms with Crippen LogP contribution in [0.15, 0.2) is 0 Å². The Balaban J connectivity index is 1.19. The second kappa shape index (κ2) is 41.7. The fourth-order valence-electron chi connectivity index (χ4n) is 14.3. The summed E-state index contributed by atoms with van der Waals surface area (Å²) in [6, 6.07) is -3.78. The number of aliphatic carboxylic acids is 2. The molecule has 0 saturated carbocycles. The zero-order valence-corrected chi connectivity index (χ0v) is 62.0. The lowest BCUT2D eigenvalue weighted by Gasteiger charge is -2.53. The number of hydrogen-bond donors (Lipinski definition) is 32. The van der Waals surface area contributed by atoms with E-state index in [0.717, 1.165) is 13.8 Å². The predicted molar refractivity (Wildman–Crippen MR) is 352 cm³/mol. The Kier molecular flexibility index (Phi) is 35.1. The molecule has 0 aromatic rings. The van der Waals surface area contributed by atoms with Crippen molar-refractivity contribution in [2.75, 3.05) is 66.0 Å². The van der Waals surface area contributed by atoms with E-state index in [1.54, 1.807) is 0 Å². The average molecular weight is 1730 g/mol. The number of carbonyl (C=O) groups is 4. The van der Waals surface area contributed by atoms with Crippen molar-refractivity contribution in [3.05, 3.63) is 0 Å². The Morgan fingerprint density at radius 1 is 0.448 bits per heavy atom. The van der Waals surface area contributed by atoms with Gasteiger partial charge >= 0.3 is 19.8 Å². The van der Waals surface area contributed by atoms with E-state index in [9.17, 15) is 172 Å². The van der Waals surface area contributed by atoms with Gasteiger partial charge in [-0.1, -0.05) is 0 Å². The summed E-state index contributed by atoms with van der Waals surface area (Å²) in [6.45, 7) is -10.2. The first-order valence-corrected chi connectivity index (χ1v) is 37.4. The molecule has 674 valence electrons. The number of aliphatic hydroxyl groups is 26. The van der Waals surface area contributed by atoms with Gasteiger partial charge in [0.05, 0.1) is 77.7 Å². The molecule has 8 fully saturated rings. The van der Waals surface area contributed by atoms with E-state index in [-0.39, 0.29) is 0 Å². The molecule has 33 N–H and O–H groups in total. The van der Waals surface area contributed by atoms with Crippen LogP contribution in [-0.4, -0.2) is 500 Å². The number of ether oxygens (including phenoxy) is 15. The van der Waals surface area contributed by atoms with Gasteiger partial charge in [0.1, 0.15) is 195 Å². The third-order valence-electron chi connectivity index (χ3n) is 20.3. The highest BCUT2D eigenvalue weighted by atomic mass is 31.2. The Morgan fingerprint density at radius 2 is 0.914 bits per heavy atom. The molecule has 0 radical (unpaired) electrons. The van der Waals surface area contributed by atoms with Gasteiger partial charge < -0.3 is 235 Å². The van der Waals surface area contributed by atoms with E-state index in [0.29, 0.717) is 0 Å². The lowest BCUT2D eigenvalue weighted by atomic mass is 9.88. The summed E-state index contributed by atoms with van der Waals surface area (Å²) >= 11 is 0. The van der Waals surface area contributed by atoms with E-state index < -0.39 is 373 Å². The van der Waals surface area contributed by atoms with E-state index in [1.165, 1.54) is 0 Å². The van der Waals surface area contributed by atoms with Gasteiger partial charge in [-0.2, -0.15) is 0 Å². The number of nitrogens with two attached hydrogens (primary N) is 1. The fraction of sp³-hybridized carbons (Fsp3) is 0.934. The molecule has 0 aromatic heterocycles. The molecule has 8 aliphatic rings. The van der Waals surface area contributed by atoms with Crippen molar-refractivity contribution in [1.29, 1.82) is 0 Å². The number of phosphoric ester groups is 1. The number of amides is 2. The molecule has 8 aliphatic heterocycles. The van der Waals surface area contributed by atoms with Crippen LogP contribution in [0.1, 0.15) is 26.7 Å². The Bertz CT molecular complexity index is 3170.